The van der Waals surface area contributed by atoms with Crippen LogP contribution in [0.1, 0.15) is 46.8 Å². The Bertz CT molecular complexity index is 1560. The van der Waals surface area contributed by atoms with Gasteiger partial charge in [-0.1, -0.05) is 12.1 Å². The average molecular weight is 579 g/mol. The molecule has 4 heterocycles. The number of hydrogen-bond donors (Lipinski definition) is 2. The van der Waals surface area contributed by atoms with E-state index in [1.54, 1.807) is 28.9 Å². The lowest BCUT2D eigenvalue weighted by Crippen LogP contribution is -2.44. The van der Waals surface area contributed by atoms with Gasteiger partial charge < -0.3 is 15.3 Å². The molecule has 0 spiro atoms. The summed E-state index contributed by atoms with van der Waals surface area (Å²) in [5.41, 5.74) is 2.52. The molecule has 0 bridgehead atoms. The maximum Gasteiger partial charge on any atom is 0.256 e. The fourth-order valence-electron chi connectivity index (χ4n) is 5.84. The fraction of sp³-hybridized carbons (Fsp3) is 0.367. The lowest BCUT2D eigenvalue weighted by Gasteiger charge is -2.32. The molecule has 2 aliphatic heterocycles. The van der Waals surface area contributed by atoms with Crippen molar-refractivity contribution in [2.75, 3.05) is 30.8 Å². The molecule has 0 saturated carbocycles. The van der Waals surface area contributed by atoms with Crippen LogP contribution < -0.4 is 10.2 Å². The zero-order chi connectivity index (χ0) is 28.5. The van der Waals surface area contributed by atoms with Crippen molar-refractivity contribution in [3.05, 3.63) is 83.4 Å². The number of piperidine rings is 1. The molecular weight excluding hydrogens is 546 g/mol. The number of aromatic nitrogens is 3. The molecule has 8 nitrogen and oxygen atoms in total. The van der Waals surface area contributed by atoms with Crippen molar-refractivity contribution in [2.24, 2.45) is 0 Å². The first-order valence-electron chi connectivity index (χ1n) is 13.8. The number of likely N-dealkylation sites (tertiary alicyclic amines) is 1. The predicted octanol–water partition coefficient (Wildman–Crippen LogP) is 4.98. The maximum atomic E-state index is 14.7. The second-order valence-electron chi connectivity index (χ2n) is 10.7. The molecule has 214 valence electrons. The number of amides is 1. The van der Waals surface area contributed by atoms with E-state index in [-0.39, 0.29) is 42.5 Å². The van der Waals surface area contributed by atoms with Crippen LogP contribution in [0.15, 0.2) is 65.8 Å². The third kappa shape index (κ3) is 6.01. The van der Waals surface area contributed by atoms with Crippen LogP contribution >= 0.6 is 11.8 Å². The largest absolute Gasteiger partial charge is 0.508 e. The van der Waals surface area contributed by atoms with Gasteiger partial charge in [-0.15, -0.1) is 11.8 Å². The number of fused-ring (bicyclic) bond motifs is 1. The number of carbonyl (C=O) groups is 1. The van der Waals surface area contributed by atoms with E-state index in [1.165, 1.54) is 30.1 Å². The number of aromatic hydroxyl groups is 1. The van der Waals surface area contributed by atoms with Crippen LogP contribution in [-0.4, -0.2) is 68.6 Å². The Kier molecular flexibility index (Phi) is 7.81. The highest BCUT2D eigenvalue weighted by atomic mass is 32.2. The molecule has 2 aliphatic rings. The van der Waals surface area contributed by atoms with Gasteiger partial charge in [0.2, 0.25) is 0 Å². The quantitative estimate of drug-likeness (QED) is 0.299. The number of nitrogens with zero attached hydrogens (tertiary/aromatic N) is 5. The lowest BCUT2D eigenvalue weighted by atomic mass is 10.0. The average Bonchev–Trinajstić information content (AvgIpc) is 3.57. The second kappa shape index (κ2) is 11.7. The summed E-state index contributed by atoms with van der Waals surface area (Å²) in [6, 6.07) is 13.5. The zero-order valence-corrected chi connectivity index (χ0v) is 23.5. The number of thioether (sulfide) groups is 1. The normalized spacial score (nSPS) is 20.1. The van der Waals surface area contributed by atoms with Crippen molar-refractivity contribution >= 4 is 29.1 Å². The van der Waals surface area contributed by atoms with Crippen molar-refractivity contribution in [1.29, 1.82) is 0 Å². The van der Waals surface area contributed by atoms with Gasteiger partial charge in [-0.2, -0.15) is 5.10 Å². The SMILES string of the molecule is CSc1cc(F)cc(C2CC(F)CN2c2ccn3ncc(C(=O)NC4CCN(Cc5cccc(O)c5)CC4)c3n2)c1. The van der Waals surface area contributed by atoms with E-state index in [1.807, 2.05) is 29.4 Å². The van der Waals surface area contributed by atoms with E-state index in [0.717, 1.165) is 42.9 Å². The third-order valence-electron chi connectivity index (χ3n) is 7.90. The van der Waals surface area contributed by atoms with Gasteiger partial charge in [0.05, 0.1) is 18.8 Å². The number of benzene rings is 2. The Morgan fingerprint density at radius 2 is 2.00 bits per heavy atom. The van der Waals surface area contributed by atoms with Crippen LogP contribution in [-0.2, 0) is 6.54 Å². The van der Waals surface area contributed by atoms with Gasteiger partial charge in [0.15, 0.2) is 5.65 Å². The standard InChI is InChI=1S/C30H32F2N6O2S/c1-41-25-13-20(12-21(31)14-25)27-15-22(32)18-37(27)28-7-10-38-29(35-28)26(16-33-38)30(40)34-23-5-8-36(9-6-23)17-19-3-2-4-24(39)11-19/h2-4,7,10-14,16,22-23,27,39H,5-6,8-9,15,17-18H2,1H3,(H,34,40). The van der Waals surface area contributed by atoms with Crippen LogP contribution in [0.5, 0.6) is 5.75 Å². The molecule has 2 atom stereocenters. The fourth-order valence-corrected chi connectivity index (χ4v) is 6.32. The molecule has 2 unspecified atom stereocenters. The molecule has 4 aromatic rings. The molecule has 11 heteroatoms. The summed E-state index contributed by atoms with van der Waals surface area (Å²) in [7, 11) is 0. The first-order valence-corrected chi connectivity index (χ1v) is 15.0. The monoisotopic (exact) mass is 578 g/mol. The summed E-state index contributed by atoms with van der Waals surface area (Å²) in [4.78, 5) is 23.0. The number of halogens is 2. The summed E-state index contributed by atoms with van der Waals surface area (Å²) >= 11 is 1.44. The number of carbonyl (C=O) groups excluding carboxylic acids is 1. The van der Waals surface area contributed by atoms with E-state index in [9.17, 15) is 18.7 Å². The van der Waals surface area contributed by atoms with Gasteiger partial charge in [-0.25, -0.2) is 18.3 Å². The van der Waals surface area contributed by atoms with Gasteiger partial charge >= 0.3 is 0 Å². The molecule has 6 rings (SSSR count). The molecule has 2 aromatic heterocycles. The number of hydrogen-bond acceptors (Lipinski definition) is 7. The van der Waals surface area contributed by atoms with E-state index in [4.69, 9.17) is 4.98 Å². The van der Waals surface area contributed by atoms with E-state index in [2.05, 4.69) is 15.3 Å². The molecule has 0 radical (unpaired) electrons. The maximum absolute atomic E-state index is 14.7. The minimum atomic E-state index is -1.08. The minimum Gasteiger partial charge on any atom is -0.508 e. The highest BCUT2D eigenvalue weighted by Gasteiger charge is 2.35. The second-order valence-corrected chi connectivity index (χ2v) is 11.6. The smallest absolute Gasteiger partial charge is 0.256 e. The van der Waals surface area contributed by atoms with Crippen molar-refractivity contribution in [3.63, 3.8) is 0 Å². The molecule has 2 aromatic carbocycles. The van der Waals surface area contributed by atoms with Crippen LogP contribution in [0, 0.1) is 5.82 Å². The van der Waals surface area contributed by atoms with Crippen molar-refractivity contribution in [1.82, 2.24) is 24.8 Å². The first-order chi connectivity index (χ1) is 19.9. The van der Waals surface area contributed by atoms with Crippen LogP contribution in [0.25, 0.3) is 5.65 Å². The van der Waals surface area contributed by atoms with Gasteiger partial charge in [0.1, 0.15) is 29.1 Å². The van der Waals surface area contributed by atoms with Crippen LogP contribution in [0.4, 0.5) is 14.6 Å². The lowest BCUT2D eigenvalue weighted by molar-refractivity contribution is 0.0910. The Morgan fingerprint density at radius 3 is 2.78 bits per heavy atom. The molecule has 41 heavy (non-hydrogen) atoms. The minimum absolute atomic E-state index is 0.0231. The van der Waals surface area contributed by atoms with Gasteiger partial charge in [0.25, 0.3) is 5.91 Å². The molecule has 2 N–H and O–H groups in total. The first kappa shape index (κ1) is 27.5. The topological polar surface area (TPSA) is 86.0 Å². The number of alkyl halides is 1. The predicted molar refractivity (Wildman–Crippen MR) is 155 cm³/mol. The van der Waals surface area contributed by atoms with E-state index < -0.39 is 6.17 Å². The molecular formula is C30H32F2N6O2S. The van der Waals surface area contributed by atoms with Gasteiger partial charge in [-0.3, -0.25) is 9.69 Å². The molecule has 2 fully saturated rings. The Morgan fingerprint density at radius 1 is 1.17 bits per heavy atom. The van der Waals surface area contributed by atoms with Gasteiger partial charge in [0, 0.05) is 43.2 Å². The molecule has 0 aliphatic carbocycles. The van der Waals surface area contributed by atoms with E-state index >= 15 is 0 Å². The highest BCUT2D eigenvalue weighted by Crippen LogP contribution is 2.38. The number of anilines is 1. The molecule has 2 saturated heterocycles. The summed E-state index contributed by atoms with van der Waals surface area (Å²) in [6.07, 6.45) is 5.88. The van der Waals surface area contributed by atoms with Crippen molar-refractivity contribution < 1.29 is 18.7 Å². The number of phenolic OH excluding ortho intramolecular Hbond substituents is 1. The van der Waals surface area contributed by atoms with Crippen LogP contribution in [0.3, 0.4) is 0 Å². The van der Waals surface area contributed by atoms with Crippen molar-refractivity contribution in [3.8, 4) is 5.75 Å². The summed E-state index contributed by atoms with van der Waals surface area (Å²) < 4.78 is 30.6. The number of rotatable bonds is 7. The Hall–Kier alpha value is -3.70. The summed E-state index contributed by atoms with van der Waals surface area (Å²) in [5, 5.41) is 17.2. The summed E-state index contributed by atoms with van der Waals surface area (Å²) in [5.74, 6) is 0.190. The number of nitrogens with one attached hydrogen (secondary N) is 1. The zero-order valence-electron chi connectivity index (χ0n) is 22.7. The van der Waals surface area contributed by atoms with E-state index in [0.29, 0.717) is 22.6 Å². The van der Waals surface area contributed by atoms with Gasteiger partial charge in [-0.05, 0) is 66.6 Å². The highest BCUT2D eigenvalue weighted by molar-refractivity contribution is 7.98. The summed E-state index contributed by atoms with van der Waals surface area (Å²) in [6.45, 7) is 2.55. The van der Waals surface area contributed by atoms with Crippen molar-refractivity contribution in [2.45, 2.75) is 49.0 Å². The molecule has 1 amide bonds. The van der Waals surface area contributed by atoms with Crippen LogP contribution in [0.2, 0.25) is 0 Å². The third-order valence-corrected chi connectivity index (χ3v) is 8.60. The number of phenols is 1. The Labute approximate surface area is 241 Å². The Balaban J connectivity index is 1.16.